The van der Waals surface area contributed by atoms with Crippen molar-refractivity contribution in [3.8, 4) is 0 Å². The number of rotatable bonds is 3. The van der Waals surface area contributed by atoms with Crippen molar-refractivity contribution in [2.24, 2.45) is 7.05 Å². The minimum absolute atomic E-state index is 0.0551. The van der Waals surface area contributed by atoms with E-state index in [9.17, 15) is 13.6 Å². The summed E-state index contributed by atoms with van der Waals surface area (Å²) in [6.45, 7) is 0. The van der Waals surface area contributed by atoms with Gasteiger partial charge in [0, 0.05) is 12.6 Å². The van der Waals surface area contributed by atoms with Crippen LogP contribution in [0.1, 0.15) is 10.4 Å². The second kappa shape index (κ2) is 4.58. The molecule has 2 aromatic rings. The first kappa shape index (κ1) is 11.6. The molecule has 1 heterocycles. The molecule has 0 spiro atoms. The Morgan fingerprint density at radius 1 is 1.35 bits per heavy atom. The first-order valence-corrected chi connectivity index (χ1v) is 5.28. The minimum Gasteiger partial charge on any atom is -0.298 e. The Hall–Kier alpha value is -1.83. The maximum Gasteiger partial charge on any atom is 0.214 e. The normalized spacial score (nSPS) is 10.5. The SMILES string of the molecule is Cn1nnnc1Sc1c(F)cc(C=O)cc1F. The second-order valence-electron chi connectivity index (χ2n) is 3.12. The number of carbonyl (C=O) groups excluding carboxylic acids is 1. The van der Waals surface area contributed by atoms with E-state index < -0.39 is 11.6 Å². The number of carbonyl (C=O) groups is 1. The van der Waals surface area contributed by atoms with E-state index in [1.807, 2.05) is 0 Å². The number of hydrogen-bond acceptors (Lipinski definition) is 5. The van der Waals surface area contributed by atoms with Crippen molar-refractivity contribution in [2.45, 2.75) is 10.1 Å². The number of hydrogen-bond donors (Lipinski definition) is 0. The number of aromatic nitrogens is 4. The fourth-order valence-corrected chi connectivity index (χ4v) is 1.89. The maximum atomic E-state index is 13.5. The van der Waals surface area contributed by atoms with E-state index in [2.05, 4.69) is 15.5 Å². The van der Waals surface area contributed by atoms with Gasteiger partial charge in [-0.15, -0.1) is 5.10 Å². The molecule has 0 saturated heterocycles. The van der Waals surface area contributed by atoms with Crippen LogP contribution in [0.3, 0.4) is 0 Å². The van der Waals surface area contributed by atoms with Gasteiger partial charge in [0.2, 0.25) is 5.16 Å². The highest BCUT2D eigenvalue weighted by Gasteiger charge is 2.15. The molecule has 5 nitrogen and oxygen atoms in total. The van der Waals surface area contributed by atoms with Crippen molar-refractivity contribution in [1.29, 1.82) is 0 Å². The van der Waals surface area contributed by atoms with Gasteiger partial charge in [-0.25, -0.2) is 13.5 Å². The summed E-state index contributed by atoms with van der Waals surface area (Å²) in [5.74, 6) is -1.64. The first-order chi connectivity index (χ1) is 8.11. The summed E-state index contributed by atoms with van der Waals surface area (Å²) in [5, 5.41) is 10.7. The molecule has 0 unspecified atom stereocenters. The van der Waals surface area contributed by atoms with Gasteiger partial charge in [0.25, 0.3) is 0 Å². The molecule has 0 N–H and O–H groups in total. The lowest BCUT2D eigenvalue weighted by Gasteiger charge is -2.03. The molecule has 0 aliphatic rings. The average Bonchev–Trinajstić information content (AvgIpc) is 2.69. The topological polar surface area (TPSA) is 60.7 Å². The number of tetrazole rings is 1. The molecule has 0 atom stereocenters. The zero-order chi connectivity index (χ0) is 12.4. The third-order valence-electron chi connectivity index (χ3n) is 1.93. The quantitative estimate of drug-likeness (QED) is 0.778. The van der Waals surface area contributed by atoms with E-state index in [-0.39, 0.29) is 15.6 Å². The van der Waals surface area contributed by atoms with Crippen LogP contribution in [0.4, 0.5) is 8.78 Å². The highest BCUT2D eigenvalue weighted by molar-refractivity contribution is 7.99. The van der Waals surface area contributed by atoms with Gasteiger partial charge in [0.05, 0.1) is 4.90 Å². The van der Waals surface area contributed by atoms with Crippen LogP contribution in [0.5, 0.6) is 0 Å². The highest BCUT2D eigenvalue weighted by atomic mass is 32.2. The van der Waals surface area contributed by atoms with E-state index in [1.54, 1.807) is 7.05 Å². The van der Waals surface area contributed by atoms with E-state index in [0.29, 0.717) is 6.29 Å². The van der Waals surface area contributed by atoms with Crippen LogP contribution in [0.2, 0.25) is 0 Å². The smallest absolute Gasteiger partial charge is 0.214 e. The standard InChI is InChI=1S/C9H6F2N4OS/c1-15-9(12-13-14-15)17-8-6(10)2-5(4-16)3-7(8)11/h2-4H,1H3. The van der Waals surface area contributed by atoms with Gasteiger partial charge in [-0.3, -0.25) is 4.79 Å². The van der Waals surface area contributed by atoms with Crippen LogP contribution in [0.25, 0.3) is 0 Å². The molecule has 0 amide bonds. The largest absolute Gasteiger partial charge is 0.298 e. The molecule has 88 valence electrons. The van der Waals surface area contributed by atoms with Crippen molar-refractivity contribution in [2.75, 3.05) is 0 Å². The molecule has 0 radical (unpaired) electrons. The predicted octanol–water partition coefficient (Wildman–Crippen LogP) is 1.45. The van der Waals surface area contributed by atoms with Crippen molar-refractivity contribution in [3.05, 3.63) is 29.3 Å². The molecule has 8 heteroatoms. The molecule has 2 rings (SSSR count). The van der Waals surface area contributed by atoms with Gasteiger partial charge in [0.1, 0.15) is 17.9 Å². The first-order valence-electron chi connectivity index (χ1n) is 4.46. The van der Waals surface area contributed by atoms with Gasteiger partial charge in [0.15, 0.2) is 0 Å². The van der Waals surface area contributed by atoms with Gasteiger partial charge in [-0.1, -0.05) is 0 Å². The number of nitrogens with zero attached hydrogens (tertiary/aromatic N) is 4. The van der Waals surface area contributed by atoms with Crippen LogP contribution >= 0.6 is 11.8 Å². The third-order valence-corrected chi connectivity index (χ3v) is 3.05. The predicted molar refractivity (Wildman–Crippen MR) is 54.7 cm³/mol. The maximum absolute atomic E-state index is 13.5. The Kier molecular flexibility index (Phi) is 3.14. The van der Waals surface area contributed by atoms with Crippen LogP contribution in [-0.2, 0) is 7.05 Å². The van der Waals surface area contributed by atoms with E-state index in [1.165, 1.54) is 4.68 Å². The summed E-state index contributed by atoms with van der Waals surface area (Å²) >= 11 is 0.754. The second-order valence-corrected chi connectivity index (χ2v) is 4.10. The summed E-state index contributed by atoms with van der Waals surface area (Å²) in [6, 6.07) is 1.92. The van der Waals surface area contributed by atoms with E-state index >= 15 is 0 Å². The van der Waals surface area contributed by atoms with Crippen LogP contribution in [-0.4, -0.2) is 26.5 Å². The van der Waals surface area contributed by atoms with Gasteiger partial charge in [-0.2, -0.15) is 0 Å². The number of halogens is 2. The van der Waals surface area contributed by atoms with Crippen LogP contribution in [0.15, 0.2) is 22.2 Å². The summed E-state index contributed by atoms with van der Waals surface area (Å²) < 4.78 is 28.3. The summed E-state index contributed by atoms with van der Waals surface area (Å²) in [6.07, 6.45) is 0.379. The lowest BCUT2D eigenvalue weighted by molar-refractivity contribution is 0.112. The summed E-state index contributed by atoms with van der Waals surface area (Å²) in [4.78, 5) is 10.2. The lowest BCUT2D eigenvalue weighted by Crippen LogP contribution is -1.96. The number of aryl methyl sites for hydroxylation is 1. The molecule has 17 heavy (non-hydrogen) atoms. The zero-order valence-corrected chi connectivity index (χ0v) is 9.41. The highest BCUT2D eigenvalue weighted by Crippen LogP contribution is 2.30. The molecule has 0 aliphatic carbocycles. The fraction of sp³-hybridized carbons (Fsp3) is 0.111. The van der Waals surface area contributed by atoms with Crippen molar-refractivity contribution in [1.82, 2.24) is 20.2 Å². The lowest BCUT2D eigenvalue weighted by atomic mass is 10.2. The van der Waals surface area contributed by atoms with Crippen molar-refractivity contribution >= 4 is 18.0 Å². The molecular formula is C9H6F2N4OS. The average molecular weight is 256 g/mol. The van der Waals surface area contributed by atoms with Crippen LogP contribution < -0.4 is 0 Å². The fourth-order valence-electron chi connectivity index (χ4n) is 1.14. The third kappa shape index (κ3) is 2.31. The van der Waals surface area contributed by atoms with E-state index in [4.69, 9.17) is 0 Å². The summed E-state index contributed by atoms with van der Waals surface area (Å²) in [7, 11) is 1.55. The van der Waals surface area contributed by atoms with Crippen LogP contribution in [0, 0.1) is 11.6 Å². The monoisotopic (exact) mass is 256 g/mol. The molecule has 0 fully saturated rings. The Morgan fingerprint density at radius 2 is 2.00 bits per heavy atom. The van der Waals surface area contributed by atoms with Crippen molar-refractivity contribution in [3.63, 3.8) is 0 Å². The van der Waals surface area contributed by atoms with Gasteiger partial charge >= 0.3 is 0 Å². The Balaban J connectivity index is 2.40. The molecule has 0 saturated carbocycles. The molecular weight excluding hydrogens is 250 g/mol. The van der Waals surface area contributed by atoms with Crippen molar-refractivity contribution < 1.29 is 13.6 Å². The number of benzene rings is 1. The molecule has 0 bridgehead atoms. The number of aldehydes is 1. The molecule has 1 aromatic heterocycles. The van der Waals surface area contributed by atoms with Gasteiger partial charge in [-0.05, 0) is 34.3 Å². The summed E-state index contributed by atoms with van der Waals surface area (Å²) in [5.41, 5.74) is -0.0551. The Bertz CT molecular complexity index is 549. The van der Waals surface area contributed by atoms with E-state index in [0.717, 1.165) is 23.9 Å². The molecule has 0 aliphatic heterocycles. The Morgan fingerprint density at radius 3 is 2.47 bits per heavy atom. The minimum atomic E-state index is -0.819. The Labute approximate surface area is 98.8 Å². The molecule has 1 aromatic carbocycles. The zero-order valence-electron chi connectivity index (χ0n) is 8.59. The van der Waals surface area contributed by atoms with Gasteiger partial charge < -0.3 is 0 Å².